The monoisotopic (exact) mass is 258 g/mol. The Morgan fingerprint density at radius 2 is 1.83 bits per heavy atom. The van der Waals surface area contributed by atoms with Gasteiger partial charge in [0.2, 0.25) is 0 Å². The van der Waals surface area contributed by atoms with Gasteiger partial charge in [-0.3, -0.25) is 0 Å². The Hall–Kier alpha value is -1.46. The predicted octanol–water partition coefficient (Wildman–Crippen LogP) is 1.54. The van der Waals surface area contributed by atoms with E-state index >= 15 is 0 Å². The highest BCUT2D eigenvalue weighted by atomic mass is 16.4. The van der Waals surface area contributed by atoms with Gasteiger partial charge in [-0.25, -0.2) is 4.79 Å². The zero-order valence-electron chi connectivity index (χ0n) is 11.9. The van der Waals surface area contributed by atoms with Crippen LogP contribution in [-0.4, -0.2) is 53.1 Å². The summed E-state index contributed by atoms with van der Waals surface area (Å²) in [6, 6.07) is 0.0134. The predicted molar refractivity (Wildman–Crippen MR) is 72.8 cm³/mol. The summed E-state index contributed by atoms with van der Waals surface area (Å²) in [6.07, 6.45) is 0.385. The molecule has 0 atom stereocenters. The third kappa shape index (κ3) is 5.75. The van der Waals surface area contributed by atoms with E-state index in [1.807, 2.05) is 13.8 Å². The average molecular weight is 258 g/mol. The quantitative estimate of drug-likeness (QED) is 0.314. The third-order valence-corrected chi connectivity index (χ3v) is 2.66. The number of rotatable bonds is 7. The number of hydrogen-bond donors (Lipinski definition) is 2. The van der Waals surface area contributed by atoms with Crippen molar-refractivity contribution in [1.82, 2.24) is 9.80 Å². The number of urea groups is 1. The molecule has 0 rings (SSSR count). The summed E-state index contributed by atoms with van der Waals surface area (Å²) < 4.78 is 0. The fourth-order valence-corrected chi connectivity index (χ4v) is 1.70. The Bertz CT molecular complexity index is 275. The molecule has 0 aromatic heterocycles. The number of carbonyl (C=O) groups is 1. The van der Waals surface area contributed by atoms with Crippen molar-refractivity contribution >= 4 is 11.9 Å². The Kier molecular flexibility index (Phi) is 7.91. The van der Waals surface area contributed by atoms with E-state index in [-0.39, 0.29) is 11.9 Å². The number of carbonyl (C=O) groups excluding carboxylic acids is 1. The Labute approximate surface area is 109 Å². The van der Waals surface area contributed by atoms with Gasteiger partial charge >= 0.3 is 6.03 Å². The van der Waals surface area contributed by atoms with Crippen LogP contribution in [0.2, 0.25) is 0 Å². The molecule has 0 heterocycles. The van der Waals surface area contributed by atoms with Gasteiger partial charge in [-0.15, -0.1) is 0 Å². The summed E-state index contributed by atoms with van der Waals surface area (Å²) >= 11 is 0. The van der Waals surface area contributed by atoms with Crippen molar-refractivity contribution in [3.63, 3.8) is 0 Å². The average Bonchev–Trinajstić information content (AvgIpc) is 2.34. The molecule has 0 aliphatic carbocycles. The summed E-state index contributed by atoms with van der Waals surface area (Å²) in [5.74, 6) is 0.535. The summed E-state index contributed by atoms with van der Waals surface area (Å²) in [5, 5.41) is 11.4. The second-order valence-electron chi connectivity index (χ2n) is 4.64. The Morgan fingerprint density at radius 3 is 2.22 bits per heavy atom. The lowest BCUT2D eigenvalue weighted by atomic mass is 10.2. The van der Waals surface area contributed by atoms with E-state index < -0.39 is 0 Å². The lowest BCUT2D eigenvalue weighted by molar-refractivity contribution is 0.152. The smallest absolute Gasteiger partial charge is 0.320 e. The normalized spacial score (nSPS) is 11.7. The minimum atomic E-state index is 0.0134. The number of amides is 2. The third-order valence-electron chi connectivity index (χ3n) is 2.66. The van der Waals surface area contributed by atoms with Crippen LogP contribution in [-0.2, 0) is 0 Å². The van der Waals surface area contributed by atoms with Gasteiger partial charge in [-0.05, 0) is 19.8 Å². The van der Waals surface area contributed by atoms with E-state index in [4.69, 9.17) is 10.9 Å². The highest BCUT2D eigenvalue weighted by molar-refractivity contribution is 5.81. The minimum absolute atomic E-state index is 0.0134. The molecule has 0 aliphatic rings. The molecule has 0 aliphatic heterocycles. The second kappa shape index (κ2) is 8.60. The van der Waals surface area contributed by atoms with E-state index in [1.54, 1.807) is 9.80 Å². The van der Waals surface area contributed by atoms with Crippen molar-refractivity contribution in [1.29, 1.82) is 0 Å². The van der Waals surface area contributed by atoms with Gasteiger partial charge < -0.3 is 20.7 Å². The minimum Gasteiger partial charge on any atom is -0.409 e. The Balaban J connectivity index is 4.60. The number of hydrogen-bond acceptors (Lipinski definition) is 3. The van der Waals surface area contributed by atoms with Crippen molar-refractivity contribution in [2.45, 2.75) is 34.1 Å². The van der Waals surface area contributed by atoms with Gasteiger partial charge in [-0.2, -0.15) is 0 Å². The van der Waals surface area contributed by atoms with Gasteiger partial charge in [0, 0.05) is 32.6 Å². The number of nitrogens with zero attached hydrogens (tertiary/aromatic N) is 3. The highest BCUT2D eigenvalue weighted by Crippen LogP contribution is 2.05. The van der Waals surface area contributed by atoms with Gasteiger partial charge in [0.1, 0.15) is 5.84 Å². The first-order valence-electron chi connectivity index (χ1n) is 6.46. The van der Waals surface area contributed by atoms with Crippen LogP contribution in [0.4, 0.5) is 4.79 Å². The zero-order chi connectivity index (χ0) is 14.1. The van der Waals surface area contributed by atoms with Crippen molar-refractivity contribution < 1.29 is 10.0 Å². The van der Waals surface area contributed by atoms with Gasteiger partial charge in [0.05, 0.1) is 0 Å². The van der Waals surface area contributed by atoms with Crippen molar-refractivity contribution in [2.24, 2.45) is 16.8 Å². The van der Waals surface area contributed by atoms with Crippen LogP contribution in [0.5, 0.6) is 0 Å². The first kappa shape index (κ1) is 16.5. The number of nitrogens with two attached hydrogens (primary N) is 1. The summed E-state index contributed by atoms with van der Waals surface area (Å²) in [6.45, 7) is 10.6. The first-order valence-corrected chi connectivity index (χ1v) is 6.46. The lowest BCUT2D eigenvalue weighted by Crippen LogP contribution is -2.45. The van der Waals surface area contributed by atoms with E-state index in [1.165, 1.54) is 0 Å². The second-order valence-corrected chi connectivity index (χ2v) is 4.64. The van der Waals surface area contributed by atoms with Crippen molar-refractivity contribution in [3.8, 4) is 0 Å². The van der Waals surface area contributed by atoms with Crippen LogP contribution >= 0.6 is 0 Å². The van der Waals surface area contributed by atoms with Crippen molar-refractivity contribution in [2.75, 3.05) is 26.2 Å². The zero-order valence-corrected chi connectivity index (χ0v) is 11.9. The maximum atomic E-state index is 12.3. The van der Waals surface area contributed by atoms with Crippen LogP contribution in [0.3, 0.4) is 0 Å². The van der Waals surface area contributed by atoms with E-state index in [2.05, 4.69) is 19.0 Å². The molecule has 0 saturated carbocycles. The molecule has 0 aromatic rings. The molecule has 0 aromatic carbocycles. The molecule has 6 nitrogen and oxygen atoms in total. The van der Waals surface area contributed by atoms with Crippen LogP contribution in [0.1, 0.15) is 34.1 Å². The lowest BCUT2D eigenvalue weighted by Gasteiger charge is -2.30. The standard InChI is InChI=1S/C12H26N4O2/c1-5-15(6-2)12(17)16(9-10(3)4)8-7-11(13)14-18/h10,18H,5-9H2,1-4H3,(H2,13,14). The van der Waals surface area contributed by atoms with Crippen LogP contribution in [0.25, 0.3) is 0 Å². The molecular weight excluding hydrogens is 232 g/mol. The maximum absolute atomic E-state index is 12.3. The first-order chi connectivity index (χ1) is 8.46. The molecule has 0 bridgehead atoms. The van der Waals surface area contributed by atoms with Gasteiger partial charge in [0.15, 0.2) is 0 Å². The Morgan fingerprint density at radius 1 is 1.28 bits per heavy atom. The molecule has 6 heteroatoms. The van der Waals surface area contributed by atoms with Crippen LogP contribution in [0, 0.1) is 5.92 Å². The fraction of sp³-hybridized carbons (Fsp3) is 0.833. The molecule has 2 amide bonds. The fourth-order valence-electron chi connectivity index (χ4n) is 1.70. The maximum Gasteiger partial charge on any atom is 0.320 e. The summed E-state index contributed by atoms with van der Waals surface area (Å²) in [5.41, 5.74) is 5.44. The number of oxime groups is 1. The van der Waals surface area contributed by atoms with E-state index in [0.29, 0.717) is 38.5 Å². The molecule has 106 valence electrons. The summed E-state index contributed by atoms with van der Waals surface area (Å²) in [4.78, 5) is 15.8. The molecule has 0 saturated heterocycles. The van der Waals surface area contributed by atoms with E-state index in [9.17, 15) is 4.79 Å². The highest BCUT2D eigenvalue weighted by Gasteiger charge is 2.19. The molecule has 3 N–H and O–H groups in total. The largest absolute Gasteiger partial charge is 0.409 e. The molecule has 0 spiro atoms. The topological polar surface area (TPSA) is 82.2 Å². The number of amidine groups is 1. The summed E-state index contributed by atoms with van der Waals surface area (Å²) in [7, 11) is 0. The SMILES string of the molecule is CCN(CC)C(=O)N(CCC(N)=NO)CC(C)C. The van der Waals surface area contributed by atoms with Gasteiger partial charge in [-0.1, -0.05) is 19.0 Å². The van der Waals surface area contributed by atoms with Crippen LogP contribution < -0.4 is 5.73 Å². The molecular formula is C12H26N4O2. The molecule has 0 radical (unpaired) electrons. The molecule has 0 unspecified atom stereocenters. The van der Waals surface area contributed by atoms with E-state index in [0.717, 1.165) is 0 Å². The van der Waals surface area contributed by atoms with Crippen molar-refractivity contribution in [3.05, 3.63) is 0 Å². The van der Waals surface area contributed by atoms with Gasteiger partial charge in [0.25, 0.3) is 0 Å². The van der Waals surface area contributed by atoms with Crippen LogP contribution in [0.15, 0.2) is 5.16 Å². The molecule has 0 fully saturated rings. The molecule has 18 heavy (non-hydrogen) atoms.